The molecule has 164 valence electrons. The second-order valence-corrected chi connectivity index (χ2v) is 8.54. The third-order valence-electron chi connectivity index (χ3n) is 6.10. The van der Waals surface area contributed by atoms with E-state index in [1.807, 2.05) is 51.1 Å². The fourth-order valence-corrected chi connectivity index (χ4v) is 4.51. The first kappa shape index (κ1) is 21.1. The Hall–Kier alpha value is -3.16. The predicted octanol–water partition coefficient (Wildman–Crippen LogP) is 1.28. The summed E-state index contributed by atoms with van der Waals surface area (Å²) in [6.45, 7) is 7.80. The van der Waals surface area contributed by atoms with Crippen LogP contribution in [-0.2, 0) is 27.5 Å². The molecule has 2 saturated heterocycles. The lowest BCUT2D eigenvalue weighted by atomic mass is 10.1. The van der Waals surface area contributed by atoms with Crippen LogP contribution in [0.4, 0.5) is 0 Å². The molecule has 8 nitrogen and oxygen atoms in total. The Labute approximate surface area is 182 Å². The highest BCUT2D eigenvalue weighted by molar-refractivity contribution is 5.95. The van der Waals surface area contributed by atoms with Gasteiger partial charge >= 0.3 is 0 Å². The maximum absolute atomic E-state index is 13.2. The quantitative estimate of drug-likeness (QED) is 0.742. The molecule has 4 rings (SSSR count). The van der Waals surface area contributed by atoms with E-state index in [-0.39, 0.29) is 30.8 Å². The standard InChI is InChI=1S/C23H29N5O3/c1-16-5-4-6-19(11-16)13-26-14-22(30)27-10-9-25(8-7-20(27)23(26)31)21(29)15-28-18(3)12-17(2)24-28/h4-6,11-12,20H,7-10,13-15H2,1-3H3. The fourth-order valence-electron chi connectivity index (χ4n) is 4.51. The smallest absolute Gasteiger partial charge is 0.246 e. The number of carbonyl (C=O) groups excluding carboxylic acids is 3. The van der Waals surface area contributed by atoms with E-state index >= 15 is 0 Å². The summed E-state index contributed by atoms with van der Waals surface area (Å²) in [5.74, 6) is -0.124. The maximum atomic E-state index is 13.2. The van der Waals surface area contributed by atoms with Gasteiger partial charge in [-0.25, -0.2) is 0 Å². The number of piperazine rings is 1. The molecule has 0 saturated carbocycles. The fraction of sp³-hybridized carbons (Fsp3) is 0.478. The number of aryl methyl sites for hydroxylation is 3. The first-order valence-corrected chi connectivity index (χ1v) is 10.7. The minimum absolute atomic E-state index is 0.0334. The lowest BCUT2D eigenvalue weighted by Gasteiger charge is -2.39. The summed E-state index contributed by atoms with van der Waals surface area (Å²) in [7, 11) is 0. The molecule has 1 atom stereocenters. The number of hydrogen-bond acceptors (Lipinski definition) is 4. The Kier molecular flexibility index (Phi) is 5.80. The molecule has 31 heavy (non-hydrogen) atoms. The number of carbonyl (C=O) groups is 3. The van der Waals surface area contributed by atoms with Crippen LogP contribution in [0.5, 0.6) is 0 Å². The largest absolute Gasteiger partial charge is 0.339 e. The van der Waals surface area contributed by atoms with E-state index in [4.69, 9.17) is 0 Å². The van der Waals surface area contributed by atoms with Crippen LogP contribution in [-0.4, -0.2) is 74.4 Å². The minimum atomic E-state index is -0.502. The van der Waals surface area contributed by atoms with Crippen molar-refractivity contribution in [3.05, 3.63) is 52.8 Å². The van der Waals surface area contributed by atoms with Crippen LogP contribution in [0.15, 0.2) is 30.3 Å². The molecule has 0 N–H and O–H groups in total. The zero-order valence-corrected chi connectivity index (χ0v) is 18.4. The zero-order chi connectivity index (χ0) is 22.1. The van der Waals surface area contributed by atoms with Gasteiger partial charge in [0.25, 0.3) is 0 Å². The molecule has 0 spiro atoms. The monoisotopic (exact) mass is 423 g/mol. The van der Waals surface area contributed by atoms with Crippen LogP contribution in [0.1, 0.15) is 28.9 Å². The molecule has 2 fully saturated rings. The number of hydrogen-bond donors (Lipinski definition) is 0. The maximum Gasteiger partial charge on any atom is 0.246 e. The van der Waals surface area contributed by atoms with Crippen molar-refractivity contribution < 1.29 is 14.4 Å². The molecule has 1 unspecified atom stereocenters. The third kappa shape index (κ3) is 4.47. The first-order valence-electron chi connectivity index (χ1n) is 10.7. The van der Waals surface area contributed by atoms with Crippen molar-refractivity contribution in [1.29, 1.82) is 0 Å². The van der Waals surface area contributed by atoms with E-state index in [1.54, 1.807) is 19.4 Å². The molecule has 8 heteroatoms. The molecule has 0 bridgehead atoms. The number of rotatable bonds is 4. The number of aromatic nitrogens is 2. The second-order valence-electron chi connectivity index (χ2n) is 8.54. The molecule has 1 aromatic heterocycles. The van der Waals surface area contributed by atoms with Crippen molar-refractivity contribution in [3.8, 4) is 0 Å². The predicted molar refractivity (Wildman–Crippen MR) is 115 cm³/mol. The molecule has 0 aliphatic carbocycles. The van der Waals surface area contributed by atoms with Gasteiger partial charge in [0.2, 0.25) is 17.7 Å². The highest BCUT2D eigenvalue weighted by Crippen LogP contribution is 2.21. The van der Waals surface area contributed by atoms with Crippen LogP contribution in [0, 0.1) is 20.8 Å². The molecular formula is C23H29N5O3. The van der Waals surface area contributed by atoms with Gasteiger partial charge in [0.1, 0.15) is 19.1 Å². The first-order chi connectivity index (χ1) is 14.8. The SMILES string of the molecule is Cc1cccc(CN2CC(=O)N3CCN(C(=O)Cn4nc(C)cc4C)CCC3C2=O)c1. The molecule has 3 amide bonds. The average Bonchev–Trinajstić information content (AvgIpc) is 2.91. The Bertz CT molecular complexity index is 1010. The van der Waals surface area contributed by atoms with Crippen molar-refractivity contribution in [1.82, 2.24) is 24.5 Å². The number of amides is 3. The summed E-state index contributed by atoms with van der Waals surface area (Å²) in [6.07, 6.45) is 0.456. The molecule has 0 radical (unpaired) electrons. The van der Waals surface area contributed by atoms with Gasteiger partial charge in [-0.3, -0.25) is 19.1 Å². The van der Waals surface area contributed by atoms with E-state index in [0.29, 0.717) is 32.6 Å². The Morgan fingerprint density at radius 2 is 1.90 bits per heavy atom. The van der Waals surface area contributed by atoms with E-state index in [9.17, 15) is 14.4 Å². The Balaban J connectivity index is 1.43. The molecule has 2 aliphatic rings. The van der Waals surface area contributed by atoms with Crippen LogP contribution in [0.3, 0.4) is 0 Å². The van der Waals surface area contributed by atoms with Crippen LogP contribution in [0.2, 0.25) is 0 Å². The minimum Gasteiger partial charge on any atom is -0.339 e. The molecular weight excluding hydrogens is 394 g/mol. The lowest BCUT2D eigenvalue weighted by molar-refractivity contribution is -0.156. The van der Waals surface area contributed by atoms with Crippen molar-refractivity contribution in [2.75, 3.05) is 26.2 Å². The summed E-state index contributed by atoms with van der Waals surface area (Å²) in [4.78, 5) is 43.9. The van der Waals surface area contributed by atoms with E-state index in [1.165, 1.54) is 0 Å². The van der Waals surface area contributed by atoms with Gasteiger partial charge in [0, 0.05) is 31.9 Å². The number of benzene rings is 1. The average molecular weight is 424 g/mol. The normalized spacial score (nSPS) is 19.5. The van der Waals surface area contributed by atoms with E-state index < -0.39 is 6.04 Å². The van der Waals surface area contributed by atoms with Crippen molar-refractivity contribution in [2.24, 2.45) is 0 Å². The molecule has 3 heterocycles. The van der Waals surface area contributed by atoms with Gasteiger partial charge in [-0.05, 0) is 38.8 Å². The summed E-state index contributed by atoms with van der Waals surface area (Å²) in [6, 6.07) is 9.43. The third-order valence-corrected chi connectivity index (χ3v) is 6.10. The van der Waals surface area contributed by atoms with Crippen molar-refractivity contribution >= 4 is 17.7 Å². The molecule has 2 aliphatic heterocycles. The van der Waals surface area contributed by atoms with Crippen molar-refractivity contribution in [2.45, 2.75) is 46.3 Å². The summed E-state index contributed by atoms with van der Waals surface area (Å²) in [5, 5.41) is 4.36. The lowest BCUT2D eigenvalue weighted by Crippen LogP contribution is -2.59. The van der Waals surface area contributed by atoms with Gasteiger partial charge in [-0.15, -0.1) is 0 Å². The van der Waals surface area contributed by atoms with E-state index in [2.05, 4.69) is 5.10 Å². The highest BCUT2D eigenvalue weighted by atomic mass is 16.2. The zero-order valence-electron chi connectivity index (χ0n) is 18.4. The van der Waals surface area contributed by atoms with Gasteiger partial charge in [-0.2, -0.15) is 5.10 Å². The Morgan fingerprint density at radius 3 is 2.61 bits per heavy atom. The summed E-state index contributed by atoms with van der Waals surface area (Å²) < 4.78 is 1.70. The van der Waals surface area contributed by atoms with Gasteiger partial charge in [0.05, 0.1) is 5.69 Å². The summed E-state index contributed by atoms with van der Waals surface area (Å²) in [5.41, 5.74) is 3.96. The topological polar surface area (TPSA) is 78.8 Å². The van der Waals surface area contributed by atoms with E-state index in [0.717, 1.165) is 22.5 Å². The van der Waals surface area contributed by atoms with Crippen LogP contribution < -0.4 is 0 Å². The Morgan fingerprint density at radius 1 is 1.10 bits per heavy atom. The van der Waals surface area contributed by atoms with Gasteiger partial charge < -0.3 is 14.7 Å². The number of nitrogens with zero attached hydrogens (tertiary/aromatic N) is 5. The molecule has 1 aromatic carbocycles. The number of fused-ring (bicyclic) bond motifs is 1. The second kappa shape index (κ2) is 8.53. The molecule has 2 aromatic rings. The van der Waals surface area contributed by atoms with Gasteiger partial charge in [-0.1, -0.05) is 29.8 Å². The van der Waals surface area contributed by atoms with Crippen molar-refractivity contribution in [3.63, 3.8) is 0 Å². The van der Waals surface area contributed by atoms with Crippen LogP contribution in [0.25, 0.3) is 0 Å². The highest BCUT2D eigenvalue weighted by Gasteiger charge is 2.41. The summed E-state index contributed by atoms with van der Waals surface area (Å²) >= 11 is 0. The van der Waals surface area contributed by atoms with Gasteiger partial charge in [0.15, 0.2) is 0 Å². The van der Waals surface area contributed by atoms with Crippen LogP contribution >= 0.6 is 0 Å².